The molecule has 2 aliphatic heterocycles. The number of morpholine rings is 1. The Kier molecular flexibility index (Phi) is 7.63. The topological polar surface area (TPSA) is 152 Å². The van der Waals surface area contributed by atoms with Crippen LogP contribution in [0.25, 0.3) is 0 Å². The van der Waals surface area contributed by atoms with E-state index in [0.717, 1.165) is 13.1 Å². The Morgan fingerprint density at radius 2 is 1.64 bits per heavy atom. The van der Waals surface area contributed by atoms with E-state index in [2.05, 4.69) is 10.2 Å². The summed E-state index contributed by atoms with van der Waals surface area (Å²) in [5.74, 6) is -1.50. The minimum atomic E-state index is -1.73. The van der Waals surface area contributed by atoms with Gasteiger partial charge < -0.3 is 35.6 Å². The maximum Gasteiger partial charge on any atom is 0.259 e. The van der Waals surface area contributed by atoms with Gasteiger partial charge in [-0.15, -0.1) is 0 Å². The lowest BCUT2D eigenvalue weighted by Gasteiger charge is -2.34. The summed E-state index contributed by atoms with van der Waals surface area (Å²) in [5.41, 5.74) is 7.39. The van der Waals surface area contributed by atoms with Gasteiger partial charge >= 0.3 is 0 Å². The first-order chi connectivity index (χ1) is 17.2. The molecule has 3 amide bonds. The molecule has 0 aliphatic carbocycles. The predicted molar refractivity (Wildman–Crippen MR) is 134 cm³/mol. The SMILES string of the molecule is CN1CCN(C(=O)c2ccc(N3CCOC(C(O)C(=O)Nc4ccc(C(=N)N)cc4)C3=O)cc2)CC1. The average Bonchev–Trinajstić information content (AvgIpc) is 2.89. The van der Waals surface area contributed by atoms with Crippen molar-refractivity contribution in [2.45, 2.75) is 12.2 Å². The van der Waals surface area contributed by atoms with Crippen LogP contribution in [0, 0.1) is 5.41 Å². The van der Waals surface area contributed by atoms with Crippen molar-refractivity contribution in [2.24, 2.45) is 5.73 Å². The van der Waals surface area contributed by atoms with E-state index in [1.54, 1.807) is 48.5 Å². The van der Waals surface area contributed by atoms with Crippen LogP contribution in [-0.2, 0) is 14.3 Å². The van der Waals surface area contributed by atoms with Crippen molar-refractivity contribution in [1.29, 1.82) is 5.41 Å². The second kappa shape index (κ2) is 10.9. The molecule has 0 radical (unpaired) electrons. The Bertz CT molecular complexity index is 1130. The number of carbonyl (C=O) groups excluding carboxylic acids is 3. The number of nitrogens with zero attached hydrogens (tertiary/aromatic N) is 3. The van der Waals surface area contributed by atoms with Crippen molar-refractivity contribution in [3.63, 3.8) is 0 Å². The van der Waals surface area contributed by atoms with Gasteiger partial charge in [0.2, 0.25) is 0 Å². The third-order valence-corrected chi connectivity index (χ3v) is 6.36. The van der Waals surface area contributed by atoms with E-state index in [1.165, 1.54) is 4.90 Å². The van der Waals surface area contributed by atoms with Crippen LogP contribution < -0.4 is 16.0 Å². The number of rotatable bonds is 6. The van der Waals surface area contributed by atoms with Gasteiger partial charge in [-0.25, -0.2) is 0 Å². The smallest absolute Gasteiger partial charge is 0.259 e. The van der Waals surface area contributed by atoms with Crippen LogP contribution in [0.15, 0.2) is 48.5 Å². The van der Waals surface area contributed by atoms with Gasteiger partial charge in [-0.05, 0) is 55.6 Å². The van der Waals surface area contributed by atoms with Crippen molar-refractivity contribution in [1.82, 2.24) is 9.80 Å². The molecule has 4 rings (SSSR count). The summed E-state index contributed by atoms with van der Waals surface area (Å²) in [6, 6.07) is 13.0. The van der Waals surface area contributed by atoms with Gasteiger partial charge in [-0.1, -0.05) is 0 Å². The molecule has 2 aromatic carbocycles. The van der Waals surface area contributed by atoms with Crippen molar-refractivity contribution >= 4 is 34.9 Å². The highest BCUT2D eigenvalue weighted by Gasteiger charge is 2.39. The molecule has 11 nitrogen and oxygen atoms in total. The van der Waals surface area contributed by atoms with E-state index in [9.17, 15) is 19.5 Å². The molecule has 2 aliphatic rings. The zero-order chi connectivity index (χ0) is 25.8. The Balaban J connectivity index is 1.39. The van der Waals surface area contributed by atoms with Crippen molar-refractivity contribution < 1.29 is 24.2 Å². The number of ether oxygens (including phenoxy) is 1. The van der Waals surface area contributed by atoms with Gasteiger partial charge in [0.15, 0.2) is 12.2 Å². The first-order valence-electron chi connectivity index (χ1n) is 11.7. The van der Waals surface area contributed by atoms with Gasteiger partial charge in [-0.2, -0.15) is 0 Å². The molecule has 36 heavy (non-hydrogen) atoms. The molecule has 0 spiro atoms. The Labute approximate surface area is 208 Å². The minimum absolute atomic E-state index is 0.0516. The molecule has 190 valence electrons. The fourth-order valence-corrected chi connectivity index (χ4v) is 4.15. The number of carbonyl (C=O) groups is 3. The molecule has 2 atom stereocenters. The largest absolute Gasteiger partial charge is 0.384 e. The molecular formula is C25H30N6O5. The summed E-state index contributed by atoms with van der Waals surface area (Å²) < 4.78 is 5.45. The van der Waals surface area contributed by atoms with E-state index in [-0.39, 0.29) is 24.9 Å². The van der Waals surface area contributed by atoms with Crippen molar-refractivity contribution in [3.8, 4) is 0 Å². The number of amidine groups is 1. The van der Waals surface area contributed by atoms with Crippen molar-refractivity contribution in [2.75, 3.05) is 56.6 Å². The highest BCUT2D eigenvalue weighted by atomic mass is 16.5. The molecule has 2 aromatic rings. The highest BCUT2D eigenvalue weighted by molar-refractivity contribution is 6.04. The van der Waals surface area contributed by atoms with Crippen LogP contribution in [0.2, 0.25) is 0 Å². The van der Waals surface area contributed by atoms with Gasteiger partial charge in [0.05, 0.1) is 6.61 Å². The number of aliphatic hydroxyl groups excluding tert-OH is 1. The van der Waals surface area contributed by atoms with Gasteiger partial charge in [0.25, 0.3) is 17.7 Å². The standard InChI is InChI=1S/C25H30N6O5/c1-29-10-12-30(13-11-29)24(34)17-4-8-19(9-5-17)31-14-15-36-21(25(31)35)20(32)23(33)28-18-6-2-16(3-7-18)22(26)27/h2-9,20-21,32H,10-15H2,1H3,(H3,26,27)(H,28,33). The molecule has 2 heterocycles. The number of amides is 3. The second-order valence-corrected chi connectivity index (χ2v) is 8.85. The maximum absolute atomic E-state index is 13.1. The van der Waals surface area contributed by atoms with Crippen molar-refractivity contribution in [3.05, 3.63) is 59.7 Å². The number of nitrogen functional groups attached to an aromatic ring is 1. The van der Waals surface area contributed by atoms with Crippen LogP contribution >= 0.6 is 0 Å². The number of piperazine rings is 1. The third kappa shape index (κ3) is 5.54. The van der Waals surface area contributed by atoms with Gasteiger partial charge in [-0.3, -0.25) is 19.8 Å². The molecular weight excluding hydrogens is 464 g/mol. The lowest BCUT2D eigenvalue weighted by molar-refractivity contribution is -0.150. The number of benzene rings is 2. The first kappa shape index (κ1) is 25.3. The molecule has 2 unspecified atom stereocenters. The summed E-state index contributed by atoms with van der Waals surface area (Å²) in [5, 5.41) is 20.5. The third-order valence-electron chi connectivity index (χ3n) is 6.36. The normalized spacial score (nSPS) is 19.6. The summed E-state index contributed by atoms with van der Waals surface area (Å²) in [7, 11) is 2.02. The number of nitrogens with two attached hydrogens (primary N) is 1. The summed E-state index contributed by atoms with van der Waals surface area (Å²) in [6.45, 7) is 3.38. The average molecular weight is 495 g/mol. The summed E-state index contributed by atoms with van der Waals surface area (Å²) >= 11 is 0. The van der Waals surface area contributed by atoms with Crippen LogP contribution in [0.1, 0.15) is 15.9 Å². The van der Waals surface area contributed by atoms with Gasteiger partial charge in [0, 0.05) is 55.2 Å². The van der Waals surface area contributed by atoms with E-state index in [4.69, 9.17) is 15.9 Å². The number of aliphatic hydroxyl groups is 1. The summed E-state index contributed by atoms with van der Waals surface area (Å²) in [6.07, 6.45) is -3.10. The zero-order valence-corrected chi connectivity index (χ0v) is 20.0. The maximum atomic E-state index is 13.1. The number of hydrogen-bond acceptors (Lipinski definition) is 7. The molecule has 2 saturated heterocycles. The summed E-state index contributed by atoms with van der Waals surface area (Å²) in [4.78, 5) is 43.9. The number of anilines is 2. The molecule has 11 heteroatoms. The zero-order valence-electron chi connectivity index (χ0n) is 20.0. The highest BCUT2D eigenvalue weighted by Crippen LogP contribution is 2.22. The fourth-order valence-electron chi connectivity index (χ4n) is 4.15. The molecule has 5 N–H and O–H groups in total. The monoisotopic (exact) mass is 494 g/mol. The predicted octanol–water partition coefficient (Wildman–Crippen LogP) is 0.0897. The fraction of sp³-hybridized carbons (Fsp3) is 0.360. The lowest BCUT2D eigenvalue weighted by Crippen LogP contribution is -2.55. The molecule has 0 bridgehead atoms. The van der Waals surface area contributed by atoms with E-state index in [1.807, 2.05) is 11.9 Å². The van der Waals surface area contributed by atoms with Crippen LogP contribution in [-0.4, -0.2) is 97.0 Å². The minimum Gasteiger partial charge on any atom is -0.384 e. The lowest BCUT2D eigenvalue weighted by atomic mass is 10.1. The molecule has 2 fully saturated rings. The quantitative estimate of drug-likeness (QED) is 0.328. The van der Waals surface area contributed by atoms with E-state index >= 15 is 0 Å². The molecule has 0 saturated carbocycles. The van der Waals surface area contributed by atoms with Crippen LogP contribution in [0.3, 0.4) is 0 Å². The van der Waals surface area contributed by atoms with E-state index in [0.29, 0.717) is 35.6 Å². The Hall–Kier alpha value is -3.80. The van der Waals surface area contributed by atoms with Crippen LogP contribution in [0.4, 0.5) is 11.4 Å². The molecule has 0 aromatic heterocycles. The Morgan fingerprint density at radius 1 is 1.03 bits per heavy atom. The number of likely N-dealkylation sites (N-methyl/N-ethyl adjacent to an activating group) is 1. The number of nitrogens with one attached hydrogen (secondary N) is 2. The second-order valence-electron chi connectivity index (χ2n) is 8.85. The van der Waals surface area contributed by atoms with E-state index < -0.39 is 24.0 Å². The Morgan fingerprint density at radius 3 is 2.25 bits per heavy atom. The number of hydrogen-bond donors (Lipinski definition) is 4. The van der Waals surface area contributed by atoms with Crippen LogP contribution in [0.5, 0.6) is 0 Å². The first-order valence-corrected chi connectivity index (χ1v) is 11.7. The van der Waals surface area contributed by atoms with Gasteiger partial charge in [0.1, 0.15) is 5.84 Å².